The van der Waals surface area contributed by atoms with Gasteiger partial charge in [-0.05, 0) is 0 Å². The maximum Gasteiger partial charge on any atom is 0.338 e. The molecule has 0 radical (unpaired) electrons. The normalized spacial score (nSPS) is 10.4. The Morgan fingerprint density at radius 1 is 1.47 bits per heavy atom. The lowest BCUT2D eigenvalue weighted by molar-refractivity contribution is 0.0696. The molecule has 0 bridgehead atoms. The molecule has 0 amide bonds. The molecule has 19 heavy (non-hydrogen) atoms. The number of rotatable bonds is 6. The van der Waals surface area contributed by atoms with Crippen LogP contribution >= 0.6 is 11.3 Å². The van der Waals surface area contributed by atoms with E-state index >= 15 is 0 Å². The van der Waals surface area contributed by atoms with Crippen LogP contribution in [0.15, 0.2) is 17.8 Å². The van der Waals surface area contributed by atoms with Gasteiger partial charge in [0.25, 0.3) is 0 Å². The molecule has 0 aromatic carbocycles. The van der Waals surface area contributed by atoms with E-state index in [9.17, 15) is 4.79 Å². The first kappa shape index (κ1) is 13.4. The van der Waals surface area contributed by atoms with Gasteiger partial charge in [0, 0.05) is 24.9 Å². The second-order valence-electron chi connectivity index (χ2n) is 3.62. The number of ether oxygens (including phenoxy) is 1. The number of nitrogens with one attached hydrogen (secondary N) is 1. The highest BCUT2D eigenvalue weighted by molar-refractivity contribution is 7.09. The summed E-state index contributed by atoms with van der Waals surface area (Å²) >= 11 is 1.52. The number of thiazole rings is 1. The van der Waals surface area contributed by atoms with Crippen molar-refractivity contribution in [3.63, 3.8) is 0 Å². The van der Waals surface area contributed by atoms with Crippen LogP contribution in [0.4, 0.5) is 5.95 Å². The molecule has 8 heteroatoms. The highest BCUT2D eigenvalue weighted by Crippen LogP contribution is 2.11. The Hall–Kier alpha value is -2.06. The molecule has 2 N–H and O–H groups in total. The molecule has 2 aromatic heterocycles. The van der Waals surface area contributed by atoms with Crippen molar-refractivity contribution in [1.82, 2.24) is 15.0 Å². The zero-order chi connectivity index (χ0) is 13.7. The lowest BCUT2D eigenvalue weighted by Crippen LogP contribution is -2.06. The van der Waals surface area contributed by atoms with Gasteiger partial charge in [-0.3, -0.25) is 0 Å². The SMILES string of the molecule is COCc1nc(CNc2ncc(C(=O)O)cn2)cs1. The van der Waals surface area contributed by atoms with Crippen molar-refractivity contribution in [2.24, 2.45) is 0 Å². The highest BCUT2D eigenvalue weighted by Gasteiger charge is 2.05. The van der Waals surface area contributed by atoms with Gasteiger partial charge in [0.15, 0.2) is 0 Å². The molecule has 0 unspecified atom stereocenters. The van der Waals surface area contributed by atoms with E-state index < -0.39 is 5.97 Å². The molecule has 0 saturated heterocycles. The molecular weight excluding hydrogens is 268 g/mol. The van der Waals surface area contributed by atoms with E-state index in [0.717, 1.165) is 10.7 Å². The highest BCUT2D eigenvalue weighted by atomic mass is 32.1. The number of carboxylic acids is 1. The van der Waals surface area contributed by atoms with Crippen LogP contribution in [0.3, 0.4) is 0 Å². The van der Waals surface area contributed by atoms with E-state index in [1.807, 2.05) is 5.38 Å². The predicted molar refractivity (Wildman–Crippen MR) is 69.1 cm³/mol. The Bertz CT molecular complexity index is 555. The average molecular weight is 280 g/mol. The van der Waals surface area contributed by atoms with Crippen molar-refractivity contribution in [3.8, 4) is 0 Å². The van der Waals surface area contributed by atoms with Crippen LogP contribution in [0.25, 0.3) is 0 Å². The zero-order valence-corrected chi connectivity index (χ0v) is 11.0. The summed E-state index contributed by atoms with van der Waals surface area (Å²) in [6, 6.07) is 0. The molecular formula is C11H12N4O3S. The first-order valence-corrected chi connectivity index (χ1v) is 6.28. The standard InChI is InChI=1S/C11H12N4O3S/c1-18-5-9-15-8(6-19-9)4-14-11-12-2-7(3-13-11)10(16)17/h2-3,6H,4-5H2,1H3,(H,16,17)(H,12,13,14). The topological polar surface area (TPSA) is 97.2 Å². The van der Waals surface area contributed by atoms with Crippen molar-refractivity contribution < 1.29 is 14.6 Å². The van der Waals surface area contributed by atoms with Crippen LogP contribution in [-0.2, 0) is 17.9 Å². The summed E-state index contributed by atoms with van der Waals surface area (Å²) in [6.45, 7) is 0.973. The molecule has 0 aliphatic carbocycles. The number of methoxy groups -OCH3 is 1. The molecule has 2 rings (SSSR count). The van der Waals surface area contributed by atoms with E-state index in [-0.39, 0.29) is 5.56 Å². The third kappa shape index (κ3) is 3.70. The fraction of sp³-hybridized carbons (Fsp3) is 0.273. The molecule has 2 aromatic rings. The molecule has 100 valence electrons. The van der Waals surface area contributed by atoms with Gasteiger partial charge in [-0.2, -0.15) is 0 Å². The van der Waals surface area contributed by atoms with Crippen LogP contribution < -0.4 is 5.32 Å². The van der Waals surface area contributed by atoms with Gasteiger partial charge in [-0.25, -0.2) is 19.7 Å². The van der Waals surface area contributed by atoms with Gasteiger partial charge in [0.1, 0.15) is 5.01 Å². The van der Waals surface area contributed by atoms with Crippen LogP contribution in [-0.4, -0.2) is 33.1 Å². The largest absolute Gasteiger partial charge is 0.478 e. The quantitative estimate of drug-likeness (QED) is 0.825. The number of carbonyl (C=O) groups is 1. The lowest BCUT2D eigenvalue weighted by atomic mass is 10.3. The average Bonchev–Trinajstić information content (AvgIpc) is 2.85. The Labute approximate surface area is 113 Å². The number of nitrogens with zero attached hydrogens (tertiary/aromatic N) is 3. The third-order valence-electron chi connectivity index (χ3n) is 2.19. The predicted octanol–water partition coefficient (Wildman–Crippen LogP) is 1.39. The Morgan fingerprint density at radius 2 is 2.21 bits per heavy atom. The van der Waals surface area contributed by atoms with E-state index in [0.29, 0.717) is 19.1 Å². The second-order valence-corrected chi connectivity index (χ2v) is 4.56. The second kappa shape index (κ2) is 6.21. The number of hydrogen-bond donors (Lipinski definition) is 2. The van der Waals surface area contributed by atoms with Gasteiger partial charge in [-0.15, -0.1) is 11.3 Å². The van der Waals surface area contributed by atoms with Crippen molar-refractivity contribution in [2.75, 3.05) is 12.4 Å². The Kier molecular flexibility index (Phi) is 4.37. The Morgan fingerprint density at radius 3 is 2.84 bits per heavy atom. The van der Waals surface area contributed by atoms with E-state index in [4.69, 9.17) is 9.84 Å². The number of aromatic nitrogens is 3. The molecule has 0 atom stereocenters. The summed E-state index contributed by atoms with van der Waals surface area (Å²) in [5.74, 6) is -0.679. The minimum absolute atomic E-state index is 0.0570. The molecule has 0 saturated carbocycles. The van der Waals surface area contributed by atoms with Crippen molar-refractivity contribution in [3.05, 3.63) is 34.0 Å². The summed E-state index contributed by atoms with van der Waals surface area (Å²) in [5.41, 5.74) is 0.921. The van der Waals surface area contributed by atoms with Crippen molar-refractivity contribution in [2.45, 2.75) is 13.2 Å². The summed E-state index contributed by atoms with van der Waals surface area (Å²) in [6.07, 6.45) is 2.52. The lowest BCUT2D eigenvalue weighted by Gasteiger charge is -2.02. The van der Waals surface area contributed by atoms with Crippen molar-refractivity contribution in [1.29, 1.82) is 0 Å². The smallest absolute Gasteiger partial charge is 0.338 e. The number of hydrogen-bond acceptors (Lipinski definition) is 7. The van der Waals surface area contributed by atoms with Crippen LogP contribution in [0.1, 0.15) is 21.1 Å². The summed E-state index contributed by atoms with van der Waals surface area (Å²) in [5, 5.41) is 14.5. The summed E-state index contributed by atoms with van der Waals surface area (Å²) < 4.78 is 4.99. The molecule has 0 fully saturated rings. The molecule has 0 spiro atoms. The third-order valence-corrected chi connectivity index (χ3v) is 3.06. The van der Waals surface area contributed by atoms with Gasteiger partial charge >= 0.3 is 5.97 Å². The van der Waals surface area contributed by atoms with Crippen LogP contribution in [0, 0.1) is 0 Å². The zero-order valence-electron chi connectivity index (χ0n) is 10.2. The molecule has 0 aliphatic heterocycles. The maximum atomic E-state index is 10.6. The van der Waals surface area contributed by atoms with Gasteiger partial charge in [0.05, 0.1) is 24.4 Å². The van der Waals surface area contributed by atoms with Crippen LogP contribution in [0.5, 0.6) is 0 Å². The first-order valence-electron chi connectivity index (χ1n) is 5.40. The molecule has 2 heterocycles. The molecule has 0 aliphatic rings. The van der Waals surface area contributed by atoms with Gasteiger partial charge < -0.3 is 15.2 Å². The fourth-order valence-electron chi connectivity index (χ4n) is 1.32. The van der Waals surface area contributed by atoms with Gasteiger partial charge in [0.2, 0.25) is 5.95 Å². The van der Waals surface area contributed by atoms with Crippen molar-refractivity contribution >= 4 is 23.3 Å². The first-order chi connectivity index (χ1) is 9.19. The number of anilines is 1. The summed E-state index contributed by atoms with van der Waals surface area (Å²) in [4.78, 5) is 22.8. The van der Waals surface area contributed by atoms with Crippen LogP contribution in [0.2, 0.25) is 0 Å². The minimum atomic E-state index is -1.05. The van der Waals surface area contributed by atoms with Gasteiger partial charge in [-0.1, -0.05) is 0 Å². The maximum absolute atomic E-state index is 10.6. The summed E-state index contributed by atoms with van der Waals surface area (Å²) in [7, 11) is 1.62. The fourth-order valence-corrected chi connectivity index (χ4v) is 2.08. The molecule has 7 nitrogen and oxygen atoms in total. The number of aromatic carboxylic acids is 1. The van der Waals surface area contributed by atoms with E-state index in [2.05, 4.69) is 20.3 Å². The monoisotopic (exact) mass is 280 g/mol. The Balaban J connectivity index is 1.92. The minimum Gasteiger partial charge on any atom is -0.478 e. The number of carboxylic acid groups (broad SMARTS) is 1. The van der Waals surface area contributed by atoms with E-state index in [1.165, 1.54) is 23.7 Å². The van der Waals surface area contributed by atoms with E-state index in [1.54, 1.807) is 7.11 Å².